The standard InChI is InChI=1S/C18H12F3N3O2/c19-18(20,21)13-5-7-14(8-6-13)24-16-9-15(22-10-23-16)11-1-3-12(4-2-11)17(25)26/h1-10H,(H,25,26)(H,22,23,24). The first-order valence-electron chi connectivity index (χ1n) is 7.43. The molecule has 0 fully saturated rings. The molecule has 0 saturated heterocycles. The third-order valence-corrected chi connectivity index (χ3v) is 3.58. The molecule has 2 aromatic carbocycles. The number of nitrogens with zero attached hydrogens (tertiary/aromatic N) is 2. The molecule has 2 N–H and O–H groups in total. The highest BCUT2D eigenvalue weighted by Gasteiger charge is 2.29. The van der Waals surface area contributed by atoms with Crippen molar-refractivity contribution in [2.24, 2.45) is 0 Å². The topological polar surface area (TPSA) is 75.1 Å². The van der Waals surface area contributed by atoms with E-state index in [9.17, 15) is 18.0 Å². The Morgan fingerprint density at radius 1 is 0.962 bits per heavy atom. The van der Waals surface area contributed by atoms with Gasteiger partial charge in [-0.15, -0.1) is 0 Å². The lowest BCUT2D eigenvalue weighted by molar-refractivity contribution is -0.137. The average molecular weight is 359 g/mol. The minimum atomic E-state index is -4.39. The SMILES string of the molecule is O=C(O)c1ccc(-c2cc(Nc3ccc(C(F)(F)F)cc3)ncn2)cc1. The van der Waals surface area contributed by atoms with E-state index in [0.717, 1.165) is 12.1 Å². The number of rotatable bonds is 4. The summed E-state index contributed by atoms with van der Waals surface area (Å²) in [7, 11) is 0. The Hall–Kier alpha value is -3.42. The van der Waals surface area contributed by atoms with Crippen LogP contribution < -0.4 is 5.32 Å². The van der Waals surface area contributed by atoms with Gasteiger partial charge in [0.05, 0.1) is 16.8 Å². The van der Waals surface area contributed by atoms with Gasteiger partial charge in [0.25, 0.3) is 0 Å². The van der Waals surface area contributed by atoms with Crippen LogP contribution in [0.1, 0.15) is 15.9 Å². The Morgan fingerprint density at radius 3 is 2.19 bits per heavy atom. The van der Waals surface area contributed by atoms with Gasteiger partial charge in [0.15, 0.2) is 0 Å². The summed E-state index contributed by atoms with van der Waals surface area (Å²) >= 11 is 0. The number of aromatic carboxylic acids is 1. The maximum Gasteiger partial charge on any atom is 0.416 e. The first-order valence-corrected chi connectivity index (χ1v) is 7.43. The number of carboxylic acid groups (broad SMARTS) is 1. The van der Waals surface area contributed by atoms with Crippen LogP contribution in [0.15, 0.2) is 60.9 Å². The predicted molar refractivity (Wildman–Crippen MR) is 89.2 cm³/mol. The summed E-state index contributed by atoms with van der Waals surface area (Å²) in [4.78, 5) is 19.0. The lowest BCUT2D eigenvalue weighted by Crippen LogP contribution is -2.04. The Kier molecular flexibility index (Phi) is 4.57. The summed E-state index contributed by atoms with van der Waals surface area (Å²) in [5.74, 6) is -0.624. The summed E-state index contributed by atoms with van der Waals surface area (Å²) in [5, 5.41) is 11.8. The van der Waals surface area contributed by atoms with Gasteiger partial charge in [-0.2, -0.15) is 13.2 Å². The second-order valence-electron chi connectivity index (χ2n) is 5.37. The van der Waals surface area contributed by atoms with Crippen LogP contribution in [-0.4, -0.2) is 21.0 Å². The molecule has 0 saturated carbocycles. The van der Waals surface area contributed by atoms with Gasteiger partial charge in [0, 0.05) is 17.3 Å². The lowest BCUT2D eigenvalue weighted by atomic mass is 10.1. The van der Waals surface area contributed by atoms with Gasteiger partial charge in [0.1, 0.15) is 12.1 Å². The maximum atomic E-state index is 12.6. The highest BCUT2D eigenvalue weighted by atomic mass is 19.4. The number of carboxylic acids is 1. The number of halogens is 3. The first-order chi connectivity index (χ1) is 12.3. The van der Waals surface area contributed by atoms with Crippen molar-refractivity contribution in [2.45, 2.75) is 6.18 Å². The monoisotopic (exact) mass is 359 g/mol. The number of hydrogen-bond donors (Lipinski definition) is 2. The van der Waals surface area contributed by atoms with Crippen LogP contribution in [0.4, 0.5) is 24.7 Å². The molecule has 0 aliphatic heterocycles. The molecule has 8 heteroatoms. The zero-order chi connectivity index (χ0) is 18.7. The van der Waals surface area contributed by atoms with Crippen LogP contribution in [0.25, 0.3) is 11.3 Å². The van der Waals surface area contributed by atoms with Crippen molar-refractivity contribution in [3.63, 3.8) is 0 Å². The van der Waals surface area contributed by atoms with Crippen LogP contribution in [0.2, 0.25) is 0 Å². The van der Waals surface area contributed by atoms with Gasteiger partial charge in [-0.1, -0.05) is 12.1 Å². The van der Waals surface area contributed by atoms with E-state index < -0.39 is 17.7 Å². The van der Waals surface area contributed by atoms with Gasteiger partial charge in [-0.3, -0.25) is 0 Å². The summed E-state index contributed by atoms with van der Waals surface area (Å²) < 4.78 is 37.8. The number of anilines is 2. The molecule has 1 aromatic heterocycles. The Balaban J connectivity index is 1.80. The molecule has 3 rings (SSSR count). The molecule has 0 atom stereocenters. The van der Waals surface area contributed by atoms with Gasteiger partial charge in [-0.05, 0) is 36.4 Å². The lowest BCUT2D eigenvalue weighted by Gasteiger charge is -2.10. The van der Waals surface area contributed by atoms with E-state index in [-0.39, 0.29) is 5.56 Å². The van der Waals surface area contributed by atoms with Crippen LogP contribution in [-0.2, 0) is 6.18 Å². The fourth-order valence-electron chi connectivity index (χ4n) is 2.26. The van der Waals surface area contributed by atoms with Crippen molar-refractivity contribution in [1.29, 1.82) is 0 Å². The van der Waals surface area contributed by atoms with Crippen LogP contribution in [0, 0.1) is 0 Å². The number of benzene rings is 2. The summed E-state index contributed by atoms with van der Waals surface area (Å²) in [6.07, 6.45) is -3.07. The molecule has 1 heterocycles. The second-order valence-corrected chi connectivity index (χ2v) is 5.37. The molecule has 0 unspecified atom stereocenters. The summed E-state index contributed by atoms with van der Waals surface area (Å²) in [6, 6.07) is 12.4. The van der Waals surface area contributed by atoms with Gasteiger partial charge >= 0.3 is 12.1 Å². The summed E-state index contributed by atoms with van der Waals surface area (Å²) in [6.45, 7) is 0. The van der Waals surface area contributed by atoms with Crippen molar-refractivity contribution < 1.29 is 23.1 Å². The van der Waals surface area contributed by atoms with Crippen molar-refractivity contribution in [1.82, 2.24) is 9.97 Å². The number of aromatic nitrogens is 2. The van der Waals surface area contributed by atoms with E-state index >= 15 is 0 Å². The third-order valence-electron chi connectivity index (χ3n) is 3.58. The highest BCUT2D eigenvalue weighted by Crippen LogP contribution is 2.30. The molecule has 0 aliphatic carbocycles. The van der Waals surface area contributed by atoms with E-state index in [1.54, 1.807) is 18.2 Å². The second kappa shape index (κ2) is 6.83. The number of alkyl halides is 3. The van der Waals surface area contributed by atoms with E-state index in [1.165, 1.54) is 30.6 Å². The zero-order valence-electron chi connectivity index (χ0n) is 13.2. The quantitative estimate of drug-likeness (QED) is 0.712. The van der Waals surface area contributed by atoms with Crippen LogP contribution >= 0.6 is 0 Å². The van der Waals surface area contributed by atoms with Gasteiger partial charge in [-0.25, -0.2) is 14.8 Å². The van der Waals surface area contributed by atoms with E-state index in [0.29, 0.717) is 22.8 Å². The van der Waals surface area contributed by atoms with Crippen molar-refractivity contribution in [3.05, 3.63) is 72.1 Å². The van der Waals surface area contributed by atoms with Gasteiger partial charge < -0.3 is 10.4 Å². The molecule has 3 aromatic rings. The average Bonchev–Trinajstić information content (AvgIpc) is 2.62. The number of carbonyl (C=O) groups is 1. The normalized spacial score (nSPS) is 11.2. The Morgan fingerprint density at radius 2 is 1.62 bits per heavy atom. The Labute approximate surface area is 146 Å². The zero-order valence-corrected chi connectivity index (χ0v) is 13.2. The number of hydrogen-bond acceptors (Lipinski definition) is 4. The molecule has 26 heavy (non-hydrogen) atoms. The van der Waals surface area contributed by atoms with Crippen molar-refractivity contribution in [2.75, 3.05) is 5.32 Å². The Bertz CT molecular complexity index is 924. The molecular weight excluding hydrogens is 347 g/mol. The molecular formula is C18H12F3N3O2. The molecule has 0 spiro atoms. The molecule has 132 valence electrons. The number of nitrogens with one attached hydrogen (secondary N) is 1. The fraction of sp³-hybridized carbons (Fsp3) is 0.0556. The molecule has 5 nitrogen and oxygen atoms in total. The van der Waals surface area contributed by atoms with E-state index in [4.69, 9.17) is 5.11 Å². The smallest absolute Gasteiger partial charge is 0.416 e. The molecule has 0 aliphatic rings. The molecule has 0 radical (unpaired) electrons. The van der Waals surface area contributed by atoms with Crippen LogP contribution in [0.5, 0.6) is 0 Å². The largest absolute Gasteiger partial charge is 0.478 e. The first kappa shape index (κ1) is 17.4. The van der Waals surface area contributed by atoms with Crippen molar-refractivity contribution in [3.8, 4) is 11.3 Å². The molecule has 0 bridgehead atoms. The predicted octanol–water partition coefficient (Wildman–Crippen LogP) is 4.60. The van der Waals surface area contributed by atoms with Gasteiger partial charge in [0.2, 0.25) is 0 Å². The highest BCUT2D eigenvalue weighted by molar-refractivity contribution is 5.88. The summed E-state index contributed by atoms with van der Waals surface area (Å²) in [5.41, 5.74) is 1.11. The maximum absolute atomic E-state index is 12.6. The minimum Gasteiger partial charge on any atom is -0.478 e. The molecule has 0 amide bonds. The van der Waals surface area contributed by atoms with E-state index in [1.807, 2.05) is 0 Å². The third kappa shape index (κ3) is 3.97. The minimum absolute atomic E-state index is 0.158. The fourth-order valence-corrected chi connectivity index (χ4v) is 2.26. The van der Waals surface area contributed by atoms with Crippen molar-refractivity contribution >= 4 is 17.5 Å². The van der Waals surface area contributed by atoms with Crippen LogP contribution in [0.3, 0.4) is 0 Å². The van der Waals surface area contributed by atoms with E-state index in [2.05, 4.69) is 15.3 Å².